The number of nitrogens with one attached hydrogen (secondary N) is 1. The molecule has 3 fully saturated rings. The van der Waals surface area contributed by atoms with Gasteiger partial charge in [-0.1, -0.05) is 27.7 Å². The standard InChI is InChI=1S/C31H47N7O/c1-21(2)25-7-8-28(37-11-10-31(39)36(6)13-14-37)27(33-25)20-35(5)19-23-15-26(22(3)4)34-30(16-23)38-12-9-24-17-32-18-29(24)38/h7-8,15-16,21-22,24,29,32H,9-14,17-20H2,1-6H3/t24-,29+/m0/s1. The van der Waals surface area contributed by atoms with Crippen LogP contribution in [-0.2, 0) is 17.9 Å². The molecule has 2 aromatic rings. The molecular weight excluding hydrogens is 486 g/mol. The van der Waals surface area contributed by atoms with E-state index in [1.54, 1.807) is 0 Å². The summed E-state index contributed by atoms with van der Waals surface area (Å²) < 4.78 is 0. The van der Waals surface area contributed by atoms with E-state index in [0.29, 0.717) is 24.3 Å². The molecule has 39 heavy (non-hydrogen) atoms. The van der Waals surface area contributed by atoms with Gasteiger partial charge in [0.25, 0.3) is 0 Å². The van der Waals surface area contributed by atoms with Crippen LogP contribution in [-0.4, -0.2) is 85.1 Å². The Morgan fingerprint density at radius 1 is 0.974 bits per heavy atom. The smallest absolute Gasteiger partial charge is 0.224 e. The zero-order valence-electron chi connectivity index (χ0n) is 24.8. The number of amides is 1. The maximum absolute atomic E-state index is 12.3. The largest absolute Gasteiger partial charge is 0.368 e. The van der Waals surface area contributed by atoms with Crippen molar-refractivity contribution < 1.29 is 4.79 Å². The maximum Gasteiger partial charge on any atom is 0.224 e. The molecule has 0 unspecified atom stereocenters. The Hall–Kier alpha value is -2.71. The molecule has 3 aliphatic heterocycles. The second kappa shape index (κ2) is 11.8. The molecule has 0 bridgehead atoms. The third kappa shape index (κ3) is 6.22. The SMILES string of the molecule is CC(C)c1cc(CN(C)Cc2nc(C(C)C)ccc2N2CCC(=O)N(C)CC2)cc(N2CC[C@H]3CNC[C@H]32)n1. The van der Waals surface area contributed by atoms with Gasteiger partial charge in [0.05, 0.1) is 11.4 Å². The number of anilines is 2. The lowest BCUT2D eigenvalue weighted by Gasteiger charge is -2.28. The fourth-order valence-corrected chi connectivity index (χ4v) is 6.29. The topological polar surface area (TPSA) is 67.8 Å². The van der Waals surface area contributed by atoms with E-state index >= 15 is 0 Å². The number of aromatic nitrogens is 2. The molecule has 1 N–H and O–H groups in total. The van der Waals surface area contributed by atoms with Gasteiger partial charge in [0, 0.05) is 83.3 Å². The molecular formula is C31H47N7O. The first-order chi connectivity index (χ1) is 18.7. The first-order valence-corrected chi connectivity index (χ1v) is 14.8. The Bertz CT molecular complexity index is 1170. The van der Waals surface area contributed by atoms with Gasteiger partial charge < -0.3 is 20.0 Å². The number of fused-ring (bicyclic) bond motifs is 1. The summed E-state index contributed by atoms with van der Waals surface area (Å²) in [6.45, 7) is 16.1. The summed E-state index contributed by atoms with van der Waals surface area (Å²) in [6.07, 6.45) is 1.79. The number of hydrogen-bond acceptors (Lipinski definition) is 7. The second-order valence-corrected chi connectivity index (χ2v) is 12.5. The van der Waals surface area contributed by atoms with Crippen LogP contribution < -0.4 is 15.1 Å². The van der Waals surface area contributed by atoms with Crippen LogP contribution in [0.15, 0.2) is 24.3 Å². The van der Waals surface area contributed by atoms with Crippen molar-refractivity contribution in [3.8, 4) is 0 Å². The van der Waals surface area contributed by atoms with Crippen LogP contribution in [0.2, 0.25) is 0 Å². The Balaban J connectivity index is 1.38. The Kier molecular flexibility index (Phi) is 8.43. The Labute approximate surface area is 234 Å². The van der Waals surface area contributed by atoms with E-state index in [4.69, 9.17) is 9.97 Å². The molecule has 212 valence electrons. The predicted molar refractivity (Wildman–Crippen MR) is 158 cm³/mol. The van der Waals surface area contributed by atoms with E-state index in [1.807, 2.05) is 11.9 Å². The summed E-state index contributed by atoms with van der Waals surface area (Å²) in [5.41, 5.74) is 5.85. The van der Waals surface area contributed by atoms with Gasteiger partial charge in [-0.3, -0.25) is 14.7 Å². The van der Waals surface area contributed by atoms with Gasteiger partial charge in [0.15, 0.2) is 0 Å². The van der Waals surface area contributed by atoms with Gasteiger partial charge in [-0.25, -0.2) is 4.98 Å². The molecule has 0 aliphatic carbocycles. The van der Waals surface area contributed by atoms with Crippen LogP contribution in [0.25, 0.3) is 0 Å². The van der Waals surface area contributed by atoms with Gasteiger partial charge in [0.2, 0.25) is 5.91 Å². The molecule has 0 saturated carbocycles. The quantitative estimate of drug-likeness (QED) is 0.553. The van der Waals surface area contributed by atoms with E-state index in [9.17, 15) is 4.79 Å². The van der Waals surface area contributed by atoms with Crippen LogP contribution in [0.3, 0.4) is 0 Å². The highest BCUT2D eigenvalue weighted by molar-refractivity contribution is 5.77. The van der Waals surface area contributed by atoms with Crippen molar-refractivity contribution in [1.29, 1.82) is 0 Å². The maximum atomic E-state index is 12.3. The Morgan fingerprint density at radius 2 is 1.77 bits per heavy atom. The molecule has 8 heteroatoms. The molecule has 0 aromatic carbocycles. The molecule has 1 amide bonds. The number of likely N-dealkylation sites (N-methyl/N-ethyl adjacent to an activating group) is 1. The average Bonchev–Trinajstić information content (AvgIpc) is 3.48. The van der Waals surface area contributed by atoms with Crippen molar-refractivity contribution in [3.05, 3.63) is 46.9 Å². The van der Waals surface area contributed by atoms with Gasteiger partial charge in [-0.2, -0.15) is 0 Å². The highest BCUT2D eigenvalue weighted by atomic mass is 16.2. The summed E-state index contributed by atoms with van der Waals surface area (Å²) in [5.74, 6) is 2.85. The number of carbonyl (C=O) groups excluding carboxylic acids is 1. The zero-order chi connectivity index (χ0) is 27.7. The molecule has 0 radical (unpaired) electrons. The van der Waals surface area contributed by atoms with E-state index in [0.717, 1.165) is 81.2 Å². The third-order valence-electron chi connectivity index (χ3n) is 8.73. The van der Waals surface area contributed by atoms with Crippen LogP contribution in [0.1, 0.15) is 75.0 Å². The molecule has 2 atom stereocenters. The fraction of sp³-hybridized carbons (Fsp3) is 0.645. The summed E-state index contributed by atoms with van der Waals surface area (Å²) >= 11 is 0. The summed E-state index contributed by atoms with van der Waals surface area (Å²) in [7, 11) is 4.09. The number of carbonyl (C=O) groups is 1. The minimum atomic E-state index is 0.218. The van der Waals surface area contributed by atoms with Crippen molar-refractivity contribution >= 4 is 17.4 Å². The molecule has 5 heterocycles. The van der Waals surface area contributed by atoms with Crippen molar-refractivity contribution in [1.82, 2.24) is 25.1 Å². The van der Waals surface area contributed by atoms with Crippen molar-refractivity contribution in [3.63, 3.8) is 0 Å². The molecule has 2 aromatic heterocycles. The van der Waals surface area contributed by atoms with Crippen molar-refractivity contribution in [2.75, 3.05) is 63.2 Å². The molecule has 5 rings (SSSR count). The number of pyridine rings is 2. The Morgan fingerprint density at radius 3 is 2.54 bits per heavy atom. The minimum Gasteiger partial charge on any atom is -0.368 e. The van der Waals surface area contributed by atoms with Crippen molar-refractivity contribution in [2.45, 2.75) is 71.5 Å². The fourth-order valence-electron chi connectivity index (χ4n) is 6.29. The molecule has 0 spiro atoms. The van der Waals surface area contributed by atoms with Gasteiger partial charge in [0.1, 0.15) is 5.82 Å². The number of nitrogens with zero attached hydrogens (tertiary/aromatic N) is 6. The van der Waals surface area contributed by atoms with Gasteiger partial charge in [-0.05, 0) is 61.1 Å². The molecule has 8 nitrogen and oxygen atoms in total. The van der Waals surface area contributed by atoms with Crippen LogP contribution in [0.5, 0.6) is 0 Å². The third-order valence-corrected chi connectivity index (χ3v) is 8.73. The van der Waals surface area contributed by atoms with E-state index in [1.165, 1.54) is 17.7 Å². The lowest BCUT2D eigenvalue weighted by atomic mass is 10.0. The average molecular weight is 534 g/mol. The zero-order valence-corrected chi connectivity index (χ0v) is 24.8. The summed E-state index contributed by atoms with van der Waals surface area (Å²) in [4.78, 5) is 31.7. The highest BCUT2D eigenvalue weighted by Crippen LogP contribution is 2.33. The lowest BCUT2D eigenvalue weighted by Crippen LogP contribution is -2.35. The summed E-state index contributed by atoms with van der Waals surface area (Å²) in [6, 6.07) is 9.56. The summed E-state index contributed by atoms with van der Waals surface area (Å²) in [5, 5.41) is 3.58. The number of hydrogen-bond donors (Lipinski definition) is 1. The molecule has 3 saturated heterocycles. The molecule has 3 aliphatic rings. The van der Waals surface area contributed by atoms with Gasteiger partial charge in [-0.15, -0.1) is 0 Å². The lowest BCUT2D eigenvalue weighted by molar-refractivity contribution is -0.129. The van der Waals surface area contributed by atoms with E-state index in [-0.39, 0.29) is 5.91 Å². The minimum absolute atomic E-state index is 0.218. The normalized spacial score (nSPS) is 22.0. The number of rotatable bonds is 8. The van der Waals surface area contributed by atoms with E-state index < -0.39 is 0 Å². The van der Waals surface area contributed by atoms with Crippen molar-refractivity contribution in [2.24, 2.45) is 5.92 Å². The van der Waals surface area contributed by atoms with Crippen LogP contribution >= 0.6 is 0 Å². The van der Waals surface area contributed by atoms with Gasteiger partial charge >= 0.3 is 0 Å². The van der Waals surface area contributed by atoms with Crippen LogP contribution in [0.4, 0.5) is 11.5 Å². The monoisotopic (exact) mass is 533 g/mol. The first kappa shape index (κ1) is 27.8. The predicted octanol–water partition coefficient (Wildman–Crippen LogP) is 3.82. The highest BCUT2D eigenvalue weighted by Gasteiger charge is 2.38. The van der Waals surface area contributed by atoms with E-state index in [2.05, 4.69) is 79.0 Å². The second-order valence-electron chi connectivity index (χ2n) is 12.5. The first-order valence-electron chi connectivity index (χ1n) is 14.8. The van der Waals surface area contributed by atoms with Crippen LogP contribution in [0, 0.1) is 5.92 Å².